The largest absolute Gasteiger partial charge is 0.480 e. The zero-order valence-electron chi connectivity index (χ0n) is 11.9. The number of nitrogens with one attached hydrogen (secondary N) is 1. The fourth-order valence-corrected chi connectivity index (χ4v) is 2.23. The minimum atomic E-state index is -0.107. The molecule has 1 unspecified atom stereocenters. The molecule has 2 amide bonds. The van der Waals surface area contributed by atoms with Gasteiger partial charge in [-0.05, 0) is 12.8 Å². The van der Waals surface area contributed by atoms with Crippen LogP contribution in [-0.2, 0) is 0 Å². The second-order valence-corrected chi connectivity index (χ2v) is 5.04. The Morgan fingerprint density at radius 2 is 2.24 bits per heavy atom. The van der Waals surface area contributed by atoms with Gasteiger partial charge in [0.05, 0.1) is 13.7 Å². The zero-order chi connectivity index (χ0) is 15.1. The third kappa shape index (κ3) is 4.63. The van der Waals surface area contributed by atoms with Gasteiger partial charge < -0.3 is 19.7 Å². The lowest BCUT2D eigenvalue weighted by Crippen LogP contribution is -2.48. The molecule has 0 radical (unpaired) electrons. The van der Waals surface area contributed by atoms with Crippen LogP contribution in [0, 0.1) is 0 Å². The first-order valence-electron chi connectivity index (χ1n) is 6.86. The molecule has 0 aromatic carbocycles. The van der Waals surface area contributed by atoms with Gasteiger partial charge in [-0.15, -0.1) is 21.8 Å². The quantitative estimate of drug-likeness (QED) is 0.828. The summed E-state index contributed by atoms with van der Waals surface area (Å²) in [6.45, 7) is 1.72. The molecule has 21 heavy (non-hydrogen) atoms. The fourth-order valence-electron chi connectivity index (χ4n) is 2.14. The SMILES string of the molecule is COc1ccc(OC2CCCN(C(=O)NCCCl)C2)nn1. The highest BCUT2D eigenvalue weighted by Crippen LogP contribution is 2.17. The van der Waals surface area contributed by atoms with Crippen LogP contribution in [0.25, 0.3) is 0 Å². The normalized spacial score (nSPS) is 18.2. The Hall–Kier alpha value is -1.76. The molecule has 1 aromatic rings. The highest BCUT2D eigenvalue weighted by Gasteiger charge is 2.25. The molecule has 0 bridgehead atoms. The van der Waals surface area contributed by atoms with Crippen LogP contribution < -0.4 is 14.8 Å². The number of hydrogen-bond donors (Lipinski definition) is 1. The maximum absolute atomic E-state index is 11.9. The molecule has 1 aromatic heterocycles. The molecule has 7 nitrogen and oxygen atoms in total. The van der Waals surface area contributed by atoms with E-state index in [0.29, 0.717) is 30.7 Å². The first-order valence-corrected chi connectivity index (χ1v) is 7.39. The van der Waals surface area contributed by atoms with Gasteiger partial charge in [-0.2, -0.15) is 0 Å². The molecule has 8 heteroatoms. The molecule has 2 heterocycles. The molecular weight excluding hydrogens is 296 g/mol. The van der Waals surface area contributed by atoms with Crippen molar-refractivity contribution in [3.8, 4) is 11.8 Å². The number of nitrogens with zero attached hydrogens (tertiary/aromatic N) is 3. The van der Waals surface area contributed by atoms with E-state index in [4.69, 9.17) is 21.1 Å². The van der Waals surface area contributed by atoms with Gasteiger partial charge in [0.25, 0.3) is 0 Å². The van der Waals surface area contributed by atoms with E-state index in [1.807, 2.05) is 0 Å². The predicted octanol–water partition coefficient (Wildman–Crippen LogP) is 1.28. The third-order valence-electron chi connectivity index (χ3n) is 3.15. The average Bonchev–Trinajstić information content (AvgIpc) is 2.53. The summed E-state index contributed by atoms with van der Waals surface area (Å²) in [5, 5.41) is 10.5. The van der Waals surface area contributed by atoms with Gasteiger partial charge >= 0.3 is 6.03 Å². The Labute approximate surface area is 128 Å². The number of ether oxygens (including phenoxy) is 2. The number of amides is 2. The number of alkyl halides is 1. The molecule has 1 aliphatic rings. The molecule has 1 aliphatic heterocycles. The number of likely N-dealkylation sites (tertiary alicyclic amines) is 1. The van der Waals surface area contributed by atoms with Gasteiger partial charge in [-0.1, -0.05) is 0 Å². The van der Waals surface area contributed by atoms with E-state index >= 15 is 0 Å². The van der Waals surface area contributed by atoms with Gasteiger partial charge in [0, 0.05) is 31.1 Å². The van der Waals surface area contributed by atoms with E-state index in [9.17, 15) is 4.79 Å². The highest BCUT2D eigenvalue weighted by atomic mass is 35.5. The van der Waals surface area contributed by atoms with Gasteiger partial charge in [0.15, 0.2) is 0 Å². The summed E-state index contributed by atoms with van der Waals surface area (Å²) in [5.74, 6) is 1.28. The van der Waals surface area contributed by atoms with Crippen molar-refractivity contribution >= 4 is 17.6 Å². The van der Waals surface area contributed by atoms with Crippen molar-refractivity contribution in [3.05, 3.63) is 12.1 Å². The number of halogens is 1. The number of aromatic nitrogens is 2. The summed E-state index contributed by atoms with van der Waals surface area (Å²) in [6, 6.07) is 3.29. The number of urea groups is 1. The third-order valence-corrected chi connectivity index (χ3v) is 3.34. The fraction of sp³-hybridized carbons (Fsp3) is 0.615. The zero-order valence-corrected chi connectivity index (χ0v) is 12.7. The van der Waals surface area contributed by atoms with Crippen molar-refractivity contribution in [3.63, 3.8) is 0 Å². The molecule has 0 saturated carbocycles. The maximum Gasteiger partial charge on any atom is 0.317 e. The van der Waals surface area contributed by atoms with Crippen LogP contribution in [0.2, 0.25) is 0 Å². The Balaban J connectivity index is 1.86. The second-order valence-electron chi connectivity index (χ2n) is 4.66. The van der Waals surface area contributed by atoms with E-state index in [1.165, 1.54) is 7.11 Å². The molecule has 0 spiro atoms. The van der Waals surface area contributed by atoms with Crippen molar-refractivity contribution in [2.24, 2.45) is 0 Å². The standard InChI is InChI=1S/C13H19ClN4O3/c1-20-11-4-5-12(17-16-11)21-10-3-2-8-18(9-10)13(19)15-7-6-14/h4-5,10H,2-3,6-9H2,1H3,(H,15,19). The van der Waals surface area contributed by atoms with Gasteiger partial charge in [-0.25, -0.2) is 4.79 Å². The Morgan fingerprint density at radius 1 is 1.48 bits per heavy atom. The summed E-state index contributed by atoms with van der Waals surface area (Å²) >= 11 is 5.56. The Kier molecular flexibility index (Phi) is 5.86. The minimum Gasteiger partial charge on any atom is -0.480 e. The number of carbonyl (C=O) groups is 1. The number of methoxy groups -OCH3 is 1. The van der Waals surface area contributed by atoms with Crippen LogP contribution in [-0.4, -0.2) is 59.9 Å². The molecular formula is C13H19ClN4O3. The summed E-state index contributed by atoms with van der Waals surface area (Å²) in [4.78, 5) is 13.6. The van der Waals surface area contributed by atoms with Crippen molar-refractivity contribution < 1.29 is 14.3 Å². The average molecular weight is 315 g/mol. The Bertz CT molecular complexity index is 457. The van der Waals surface area contributed by atoms with Crippen LogP contribution in [0.15, 0.2) is 12.1 Å². The lowest BCUT2D eigenvalue weighted by Gasteiger charge is -2.32. The van der Waals surface area contributed by atoms with E-state index in [1.54, 1.807) is 17.0 Å². The molecule has 0 aliphatic carbocycles. The summed E-state index contributed by atoms with van der Waals surface area (Å²) < 4.78 is 10.7. The smallest absolute Gasteiger partial charge is 0.317 e. The van der Waals surface area contributed by atoms with Crippen molar-refractivity contribution in [2.75, 3.05) is 32.6 Å². The van der Waals surface area contributed by atoms with Crippen LogP contribution in [0.5, 0.6) is 11.8 Å². The van der Waals surface area contributed by atoms with Gasteiger partial charge in [-0.3, -0.25) is 0 Å². The summed E-state index contributed by atoms with van der Waals surface area (Å²) in [5.41, 5.74) is 0. The topological polar surface area (TPSA) is 76.6 Å². The molecule has 1 N–H and O–H groups in total. The minimum absolute atomic E-state index is 0.0804. The van der Waals surface area contributed by atoms with E-state index in [0.717, 1.165) is 19.4 Å². The lowest BCUT2D eigenvalue weighted by atomic mass is 10.1. The van der Waals surface area contributed by atoms with E-state index in [-0.39, 0.29) is 12.1 Å². The van der Waals surface area contributed by atoms with Gasteiger partial charge in [0.1, 0.15) is 6.10 Å². The maximum atomic E-state index is 11.9. The predicted molar refractivity (Wildman–Crippen MR) is 77.9 cm³/mol. The van der Waals surface area contributed by atoms with E-state index in [2.05, 4.69) is 15.5 Å². The number of hydrogen-bond acceptors (Lipinski definition) is 5. The van der Waals surface area contributed by atoms with Gasteiger partial charge in [0.2, 0.25) is 11.8 Å². The number of rotatable bonds is 5. The van der Waals surface area contributed by atoms with E-state index < -0.39 is 0 Å². The summed E-state index contributed by atoms with van der Waals surface area (Å²) in [6.07, 6.45) is 1.69. The Morgan fingerprint density at radius 3 is 2.90 bits per heavy atom. The molecule has 1 saturated heterocycles. The van der Waals surface area contributed by atoms with Crippen molar-refractivity contribution in [1.82, 2.24) is 20.4 Å². The second kappa shape index (κ2) is 7.87. The van der Waals surface area contributed by atoms with Crippen LogP contribution in [0.3, 0.4) is 0 Å². The number of carbonyl (C=O) groups excluding carboxylic acids is 1. The van der Waals surface area contributed by atoms with Crippen LogP contribution in [0.4, 0.5) is 4.79 Å². The molecule has 2 rings (SSSR count). The van der Waals surface area contributed by atoms with Crippen molar-refractivity contribution in [1.29, 1.82) is 0 Å². The molecule has 1 atom stereocenters. The molecule has 1 fully saturated rings. The first-order chi connectivity index (χ1) is 10.2. The lowest BCUT2D eigenvalue weighted by molar-refractivity contribution is 0.0970. The summed E-state index contributed by atoms with van der Waals surface area (Å²) in [7, 11) is 1.53. The number of piperidine rings is 1. The van der Waals surface area contributed by atoms with Crippen LogP contribution in [0.1, 0.15) is 12.8 Å². The monoisotopic (exact) mass is 314 g/mol. The van der Waals surface area contributed by atoms with Crippen molar-refractivity contribution in [2.45, 2.75) is 18.9 Å². The highest BCUT2D eigenvalue weighted by molar-refractivity contribution is 6.18. The first kappa shape index (κ1) is 15.6. The van der Waals surface area contributed by atoms with Crippen LogP contribution >= 0.6 is 11.6 Å². The molecule has 116 valence electrons.